The average Bonchev–Trinajstić information content (AvgIpc) is 3.05. The summed E-state index contributed by atoms with van der Waals surface area (Å²) in [5, 5.41) is 15.5. The lowest BCUT2D eigenvalue weighted by molar-refractivity contribution is -0.191. The molecule has 1 aliphatic rings. The topological polar surface area (TPSA) is 104 Å². The minimum Gasteiger partial charge on any atom is -0.384 e. The first-order valence-corrected chi connectivity index (χ1v) is 8.99. The lowest BCUT2D eigenvalue weighted by Gasteiger charge is -2.30. The number of carbonyl (C=O) groups is 1. The number of nitrogens with one attached hydrogen (secondary N) is 2. The second-order valence-corrected chi connectivity index (χ2v) is 6.82. The van der Waals surface area contributed by atoms with Gasteiger partial charge >= 0.3 is 5.97 Å². The van der Waals surface area contributed by atoms with Crippen molar-refractivity contribution in [2.45, 2.75) is 25.8 Å². The maximum absolute atomic E-state index is 11.0. The second-order valence-electron chi connectivity index (χ2n) is 5.96. The van der Waals surface area contributed by atoms with E-state index in [9.17, 15) is 4.79 Å². The molecule has 7 nitrogen and oxygen atoms in total. The summed E-state index contributed by atoms with van der Waals surface area (Å²) >= 11 is 1.57. The molecule has 8 heteroatoms. The lowest BCUT2D eigenvalue weighted by Crippen LogP contribution is -2.39. The summed E-state index contributed by atoms with van der Waals surface area (Å²) in [6, 6.07) is 7.83. The summed E-state index contributed by atoms with van der Waals surface area (Å²) in [4.78, 5) is 20.7. The largest absolute Gasteiger partial charge is 0.384 e. The Morgan fingerprint density at radius 2 is 2.04 bits per heavy atom. The number of thiazole rings is 1. The molecular formula is C17H21N5O2S. The first-order chi connectivity index (χ1) is 12.0. The van der Waals surface area contributed by atoms with E-state index in [-0.39, 0.29) is 11.8 Å². The number of nitrogens with two attached hydrogens (primary N) is 1. The Morgan fingerprint density at radius 3 is 2.64 bits per heavy atom. The maximum atomic E-state index is 11.0. The SMILES string of the molecule is CC(=O)ON1CCC(Nc2nc(-c3ccc(C(=N)N)cc3)cs2)CC1. The van der Waals surface area contributed by atoms with E-state index in [1.165, 1.54) is 6.92 Å². The highest BCUT2D eigenvalue weighted by molar-refractivity contribution is 7.14. The van der Waals surface area contributed by atoms with Crippen LogP contribution in [0.4, 0.5) is 5.13 Å². The fraction of sp³-hybridized carbons (Fsp3) is 0.353. The van der Waals surface area contributed by atoms with Gasteiger partial charge in [-0.25, -0.2) is 4.98 Å². The molecule has 0 saturated carbocycles. The monoisotopic (exact) mass is 359 g/mol. The smallest absolute Gasteiger partial charge is 0.322 e. The molecule has 0 atom stereocenters. The number of hydroxylamine groups is 2. The number of nitrogen functional groups attached to an aromatic ring is 1. The number of anilines is 1. The molecule has 1 fully saturated rings. The van der Waals surface area contributed by atoms with Crippen molar-refractivity contribution in [3.63, 3.8) is 0 Å². The maximum Gasteiger partial charge on any atom is 0.322 e. The van der Waals surface area contributed by atoms with Crippen LogP contribution in [0.2, 0.25) is 0 Å². The first-order valence-electron chi connectivity index (χ1n) is 8.11. The van der Waals surface area contributed by atoms with Crippen LogP contribution in [0, 0.1) is 5.41 Å². The van der Waals surface area contributed by atoms with Crippen LogP contribution in [0.5, 0.6) is 0 Å². The molecule has 25 heavy (non-hydrogen) atoms. The molecule has 0 unspecified atom stereocenters. The molecule has 2 aromatic rings. The van der Waals surface area contributed by atoms with Gasteiger partial charge < -0.3 is 15.9 Å². The van der Waals surface area contributed by atoms with E-state index in [1.54, 1.807) is 16.4 Å². The zero-order valence-electron chi connectivity index (χ0n) is 14.0. The van der Waals surface area contributed by atoms with Gasteiger partial charge in [0.25, 0.3) is 0 Å². The predicted molar refractivity (Wildman–Crippen MR) is 98.5 cm³/mol. The summed E-state index contributed by atoms with van der Waals surface area (Å²) in [7, 11) is 0. The Kier molecular flexibility index (Phi) is 5.30. The Hall–Kier alpha value is -2.45. The van der Waals surface area contributed by atoms with E-state index >= 15 is 0 Å². The summed E-state index contributed by atoms with van der Waals surface area (Å²) < 4.78 is 0. The summed E-state index contributed by atoms with van der Waals surface area (Å²) in [5.74, 6) is -0.209. The Labute approximate surface area is 150 Å². The van der Waals surface area contributed by atoms with Crippen molar-refractivity contribution in [2.24, 2.45) is 5.73 Å². The van der Waals surface area contributed by atoms with Gasteiger partial charge in [0.05, 0.1) is 5.69 Å². The summed E-state index contributed by atoms with van der Waals surface area (Å²) in [6.45, 7) is 2.87. The van der Waals surface area contributed by atoms with Gasteiger partial charge in [0.1, 0.15) is 5.84 Å². The van der Waals surface area contributed by atoms with Crippen molar-refractivity contribution >= 4 is 28.3 Å². The van der Waals surface area contributed by atoms with Crippen molar-refractivity contribution in [3.05, 3.63) is 35.2 Å². The van der Waals surface area contributed by atoms with E-state index in [4.69, 9.17) is 16.0 Å². The molecule has 0 amide bonds. The van der Waals surface area contributed by atoms with E-state index < -0.39 is 0 Å². The number of carbonyl (C=O) groups excluding carboxylic acids is 1. The number of aromatic nitrogens is 1. The predicted octanol–water partition coefficient (Wildman–Crippen LogP) is 2.45. The number of piperidine rings is 1. The highest BCUT2D eigenvalue weighted by Gasteiger charge is 2.21. The molecule has 4 N–H and O–H groups in total. The van der Waals surface area contributed by atoms with Gasteiger partial charge in [0, 0.05) is 42.6 Å². The third-order valence-electron chi connectivity index (χ3n) is 4.04. The molecule has 0 spiro atoms. The summed E-state index contributed by atoms with van der Waals surface area (Å²) in [5.41, 5.74) is 8.08. The van der Waals surface area contributed by atoms with Crippen molar-refractivity contribution in [2.75, 3.05) is 18.4 Å². The highest BCUT2D eigenvalue weighted by Crippen LogP contribution is 2.27. The average molecular weight is 359 g/mol. The fourth-order valence-electron chi connectivity index (χ4n) is 2.74. The van der Waals surface area contributed by atoms with Gasteiger partial charge in [-0.15, -0.1) is 16.4 Å². The Bertz CT molecular complexity index is 751. The number of hydrogen-bond acceptors (Lipinski definition) is 7. The van der Waals surface area contributed by atoms with Gasteiger partial charge in [-0.3, -0.25) is 10.2 Å². The molecule has 132 valence electrons. The Morgan fingerprint density at radius 1 is 1.36 bits per heavy atom. The number of hydrogen-bond donors (Lipinski definition) is 3. The quantitative estimate of drug-likeness (QED) is 0.559. The van der Waals surface area contributed by atoms with Crippen LogP contribution in [-0.2, 0) is 9.63 Å². The van der Waals surface area contributed by atoms with Crippen LogP contribution in [0.1, 0.15) is 25.3 Å². The first kappa shape index (κ1) is 17.4. The van der Waals surface area contributed by atoms with Crippen LogP contribution in [-0.4, -0.2) is 41.0 Å². The van der Waals surface area contributed by atoms with Crippen molar-refractivity contribution in [1.29, 1.82) is 5.41 Å². The van der Waals surface area contributed by atoms with Gasteiger partial charge in [0.2, 0.25) is 0 Å². The zero-order chi connectivity index (χ0) is 17.8. The fourth-order valence-corrected chi connectivity index (χ4v) is 3.54. The zero-order valence-corrected chi connectivity index (χ0v) is 14.8. The number of nitrogens with zero attached hydrogens (tertiary/aromatic N) is 2. The normalized spacial score (nSPS) is 15.7. The number of benzene rings is 1. The van der Waals surface area contributed by atoms with Crippen LogP contribution in [0.25, 0.3) is 11.3 Å². The molecule has 1 aromatic heterocycles. The minimum atomic E-state index is -0.272. The molecule has 1 aliphatic heterocycles. The highest BCUT2D eigenvalue weighted by atomic mass is 32.1. The molecule has 3 rings (SSSR count). The van der Waals surface area contributed by atoms with Gasteiger partial charge in [-0.1, -0.05) is 24.3 Å². The van der Waals surface area contributed by atoms with E-state index in [1.807, 2.05) is 29.6 Å². The molecule has 2 heterocycles. The standard InChI is InChI=1S/C17H21N5O2S/c1-11(23)24-22-8-6-14(7-9-22)20-17-21-15(10-25-17)12-2-4-13(5-3-12)16(18)19/h2-5,10,14H,6-9H2,1H3,(H3,18,19)(H,20,21). The minimum absolute atomic E-state index is 0.0623. The summed E-state index contributed by atoms with van der Waals surface area (Å²) in [6.07, 6.45) is 1.80. The molecule has 0 aliphatic carbocycles. The lowest BCUT2D eigenvalue weighted by atomic mass is 10.1. The van der Waals surface area contributed by atoms with Crippen LogP contribution in [0.3, 0.4) is 0 Å². The number of amidine groups is 1. The van der Waals surface area contributed by atoms with Crippen molar-refractivity contribution < 1.29 is 9.63 Å². The molecule has 0 radical (unpaired) electrons. The van der Waals surface area contributed by atoms with Crippen molar-refractivity contribution in [3.8, 4) is 11.3 Å². The van der Waals surface area contributed by atoms with Gasteiger partial charge in [0.15, 0.2) is 5.13 Å². The molecule has 0 bridgehead atoms. The van der Waals surface area contributed by atoms with Crippen LogP contribution >= 0.6 is 11.3 Å². The molecule has 1 aromatic carbocycles. The second kappa shape index (κ2) is 7.62. The molecular weight excluding hydrogens is 338 g/mol. The van der Waals surface area contributed by atoms with Gasteiger partial charge in [-0.05, 0) is 12.8 Å². The van der Waals surface area contributed by atoms with E-state index in [0.717, 1.165) is 42.3 Å². The van der Waals surface area contributed by atoms with Gasteiger partial charge in [-0.2, -0.15) is 0 Å². The molecule has 1 saturated heterocycles. The third kappa shape index (κ3) is 4.55. The van der Waals surface area contributed by atoms with Crippen LogP contribution in [0.15, 0.2) is 29.6 Å². The van der Waals surface area contributed by atoms with E-state index in [0.29, 0.717) is 11.6 Å². The van der Waals surface area contributed by atoms with Crippen LogP contribution < -0.4 is 11.1 Å². The Balaban J connectivity index is 1.57. The number of rotatable bonds is 5. The van der Waals surface area contributed by atoms with E-state index in [2.05, 4.69) is 10.3 Å². The van der Waals surface area contributed by atoms with Crippen molar-refractivity contribution in [1.82, 2.24) is 10.0 Å². The third-order valence-corrected chi connectivity index (χ3v) is 4.81.